The fourth-order valence-corrected chi connectivity index (χ4v) is 3.62. The Balaban J connectivity index is 1.36. The summed E-state index contributed by atoms with van der Waals surface area (Å²) >= 11 is 0. The smallest absolute Gasteiger partial charge is 0.316 e. The SMILES string of the molecule is COc1nccc(CN2CCC(Cn3nc(-c4ccncc4)ccc3=O)CC2)n1. The monoisotopic (exact) mass is 392 g/mol. The van der Waals surface area contributed by atoms with Crippen LogP contribution in [0.1, 0.15) is 18.5 Å². The highest BCUT2D eigenvalue weighted by Crippen LogP contribution is 2.21. The van der Waals surface area contributed by atoms with E-state index < -0.39 is 0 Å². The van der Waals surface area contributed by atoms with E-state index in [4.69, 9.17) is 4.74 Å². The van der Waals surface area contributed by atoms with E-state index in [-0.39, 0.29) is 5.56 Å². The Hall–Kier alpha value is -3.13. The Bertz CT molecular complexity index is 999. The molecule has 1 aliphatic rings. The van der Waals surface area contributed by atoms with Crippen molar-refractivity contribution >= 4 is 0 Å². The van der Waals surface area contributed by atoms with Crippen LogP contribution in [0.3, 0.4) is 0 Å². The van der Waals surface area contributed by atoms with Gasteiger partial charge in [0, 0.05) is 43.3 Å². The predicted molar refractivity (Wildman–Crippen MR) is 108 cm³/mol. The molecule has 3 aromatic heterocycles. The molecule has 0 spiro atoms. The minimum atomic E-state index is -0.0571. The van der Waals surface area contributed by atoms with E-state index in [9.17, 15) is 4.79 Å². The summed E-state index contributed by atoms with van der Waals surface area (Å²) in [4.78, 5) is 27.1. The molecule has 0 atom stereocenters. The van der Waals surface area contributed by atoms with E-state index in [0.29, 0.717) is 18.5 Å². The molecule has 3 aromatic rings. The molecule has 0 radical (unpaired) electrons. The first-order chi connectivity index (χ1) is 14.2. The van der Waals surface area contributed by atoms with Gasteiger partial charge in [-0.25, -0.2) is 9.67 Å². The highest BCUT2D eigenvalue weighted by Gasteiger charge is 2.21. The summed E-state index contributed by atoms with van der Waals surface area (Å²) in [6, 6.07) is 9.49. The van der Waals surface area contributed by atoms with Crippen molar-refractivity contribution in [2.45, 2.75) is 25.9 Å². The maximum absolute atomic E-state index is 12.3. The zero-order valence-corrected chi connectivity index (χ0v) is 16.4. The molecule has 0 unspecified atom stereocenters. The van der Waals surface area contributed by atoms with Crippen molar-refractivity contribution in [1.82, 2.24) is 29.6 Å². The van der Waals surface area contributed by atoms with Gasteiger partial charge < -0.3 is 4.74 Å². The third-order valence-electron chi connectivity index (χ3n) is 5.24. The topological polar surface area (TPSA) is 86.0 Å². The summed E-state index contributed by atoms with van der Waals surface area (Å²) in [5, 5.41) is 4.57. The van der Waals surface area contributed by atoms with E-state index in [2.05, 4.69) is 25.0 Å². The van der Waals surface area contributed by atoms with Crippen molar-refractivity contribution in [3.8, 4) is 17.3 Å². The number of pyridine rings is 1. The largest absolute Gasteiger partial charge is 0.467 e. The predicted octanol–water partition coefficient (Wildman–Crippen LogP) is 2.02. The number of aromatic nitrogens is 5. The minimum Gasteiger partial charge on any atom is -0.467 e. The lowest BCUT2D eigenvalue weighted by Gasteiger charge is -2.31. The lowest BCUT2D eigenvalue weighted by molar-refractivity contribution is 0.161. The van der Waals surface area contributed by atoms with Gasteiger partial charge in [0.05, 0.1) is 18.5 Å². The summed E-state index contributed by atoms with van der Waals surface area (Å²) in [5.41, 5.74) is 2.66. The molecule has 8 nitrogen and oxygen atoms in total. The number of likely N-dealkylation sites (tertiary alicyclic amines) is 1. The zero-order chi connectivity index (χ0) is 20.1. The summed E-state index contributed by atoms with van der Waals surface area (Å²) in [6.07, 6.45) is 7.23. The van der Waals surface area contributed by atoms with Crippen LogP contribution in [-0.4, -0.2) is 49.8 Å². The summed E-state index contributed by atoms with van der Waals surface area (Å²) in [6.45, 7) is 3.36. The molecule has 1 fully saturated rings. The van der Waals surface area contributed by atoms with Gasteiger partial charge in [-0.3, -0.25) is 14.7 Å². The summed E-state index contributed by atoms with van der Waals surface area (Å²) < 4.78 is 6.70. The molecule has 0 aromatic carbocycles. The second kappa shape index (κ2) is 8.91. The van der Waals surface area contributed by atoms with Gasteiger partial charge in [-0.15, -0.1) is 0 Å². The molecule has 150 valence electrons. The molecule has 0 N–H and O–H groups in total. The second-order valence-electron chi connectivity index (χ2n) is 7.23. The second-order valence-corrected chi connectivity index (χ2v) is 7.23. The Kier molecular flexibility index (Phi) is 5.90. The van der Waals surface area contributed by atoms with Crippen LogP contribution < -0.4 is 10.3 Å². The number of piperidine rings is 1. The first kappa shape index (κ1) is 19.2. The van der Waals surface area contributed by atoms with Gasteiger partial charge in [0.1, 0.15) is 0 Å². The average molecular weight is 392 g/mol. The van der Waals surface area contributed by atoms with E-state index >= 15 is 0 Å². The number of hydrogen-bond donors (Lipinski definition) is 0. The Labute approximate surface area is 169 Å². The van der Waals surface area contributed by atoms with Crippen molar-refractivity contribution in [3.63, 3.8) is 0 Å². The molecule has 4 heterocycles. The molecular weight excluding hydrogens is 368 g/mol. The third kappa shape index (κ3) is 4.83. The van der Waals surface area contributed by atoms with Crippen molar-refractivity contribution < 1.29 is 4.74 Å². The molecule has 0 aliphatic carbocycles. The lowest BCUT2D eigenvalue weighted by Crippen LogP contribution is -2.36. The van der Waals surface area contributed by atoms with Crippen LogP contribution in [0, 0.1) is 5.92 Å². The maximum Gasteiger partial charge on any atom is 0.316 e. The number of nitrogens with zero attached hydrogens (tertiary/aromatic N) is 6. The van der Waals surface area contributed by atoms with Gasteiger partial charge in [-0.05, 0) is 56.1 Å². The fraction of sp³-hybridized carbons (Fsp3) is 0.381. The highest BCUT2D eigenvalue weighted by molar-refractivity contribution is 5.56. The molecular formula is C21H24N6O2. The summed E-state index contributed by atoms with van der Waals surface area (Å²) in [7, 11) is 1.57. The summed E-state index contributed by atoms with van der Waals surface area (Å²) in [5.74, 6) is 0.434. The Morgan fingerprint density at radius 1 is 1.07 bits per heavy atom. The van der Waals surface area contributed by atoms with Crippen LogP contribution in [0.4, 0.5) is 0 Å². The maximum atomic E-state index is 12.3. The van der Waals surface area contributed by atoms with E-state index in [0.717, 1.165) is 49.4 Å². The standard InChI is InChI=1S/C21H24N6O2/c1-29-21-23-11-6-18(24-21)15-26-12-7-16(8-13-26)14-27-20(28)3-2-19(25-27)17-4-9-22-10-5-17/h2-6,9-11,16H,7-8,12-15H2,1H3. The van der Waals surface area contributed by atoms with Crippen LogP contribution in [0.5, 0.6) is 6.01 Å². The van der Waals surface area contributed by atoms with Crippen molar-refractivity contribution in [1.29, 1.82) is 0 Å². The van der Waals surface area contributed by atoms with E-state index in [1.807, 2.05) is 18.2 Å². The first-order valence-corrected chi connectivity index (χ1v) is 9.78. The van der Waals surface area contributed by atoms with E-state index in [1.54, 1.807) is 42.5 Å². The van der Waals surface area contributed by atoms with Gasteiger partial charge >= 0.3 is 6.01 Å². The molecule has 29 heavy (non-hydrogen) atoms. The van der Waals surface area contributed by atoms with Gasteiger partial charge in [-0.2, -0.15) is 10.1 Å². The van der Waals surface area contributed by atoms with Crippen LogP contribution in [0.25, 0.3) is 11.3 Å². The van der Waals surface area contributed by atoms with E-state index in [1.165, 1.54) is 0 Å². The Morgan fingerprint density at radius 3 is 2.62 bits per heavy atom. The quantitative estimate of drug-likeness (QED) is 0.634. The number of hydrogen-bond acceptors (Lipinski definition) is 7. The third-order valence-corrected chi connectivity index (χ3v) is 5.24. The normalized spacial score (nSPS) is 15.3. The average Bonchev–Trinajstić information content (AvgIpc) is 2.77. The van der Waals surface area contributed by atoms with Gasteiger partial charge in [0.2, 0.25) is 0 Å². The van der Waals surface area contributed by atoms with Gasteiger partial charge in [0.15, 0.2) is 0 Å². The van der Waals surface area contributed by atoms with Crippen molar-refractivity contribution in [2.75, 3.05) is 20.2 Å². The number of methoxy groups -OCH3 is 1. The molecule has 0 bridgehead atoms. The lowest BCUT2D eigenvalue weighted by atomic mass is 9.96. The van der Waals surface area contributed by atoms with Crippen molar-refractivity contribution in [3.05, 3.63) is 65.0 Å². The van der Waals surface area contributed by atoms with Crippen molar-refractivity contribution in [2.24, 2.45) is 5.92 Å². The minimum absolute atomic E-state index is 0.0571. The molecule has 0 saturated carbocycles. The molecule has 1 saturated heterocycles. The Morgan fingerprint density at radius 2 is 1.86 bits per heavy atom. The molecule has 4 rings (SSSR count). The first-order valence-electron chi connectivity index (χ1n) is 9.78. The molecule has 8 heteroatoms. The van der Waals surface area contributed by atoms with Crippen LogP contribution >= 0.6 is 0 Å². The number of rotatable bonds is 6. The fourth-order valence-electron chi connectivity index (χ4n) is 3.62. The number of ether oxygens (including phenoxy) is 1. The molecule has 1 aliphatic heterocycles. The highest BCUT2D eigenvalue weighted by atomic mass is 16.5. The molecule has 0 amide bonds. The van der Waals surface area contributed by atoms with Crippen LogP contribution in [-0.2, 0) is 13.1 Å². The van der Waals surface area contributed by atoms with Gasteiger partial charge in [-0.1, -0.05) is 0 Å². The van der Waals surface area contributed by atoms with Crippen LogP contribution in [0.2, 0.25) is 0 Å². The van der Waals surface area contributed by atoms with Gasteiger partial charge in [0.25, 0.3) is 5.56 Å². The zero-order valence-electron chi connectivity index (χ0n) is 16.4. The van der Waals surface area contributed by atoms with Crippen LogP contribution in [0.15, 0.2) is 53.7 Å².